The van der Waals surface area contributed by atoms with Crippen molar-refractivity contribution in [1.82, 2.24) is 5.32 Å². The fraction of sp³-hybridized carbons (Fsp3) is 0.533. The topological polar surface area (TPSA) is 55.1 Å². The zero-order valence-electron chi connectivity index (χ0n) is 11.7. The Bertz CT molecular complexity index is 481. The van der Waals surface area contributed by atoms with E-state index in [2.05, 4.69) is 5.32 Å². The van der Waals surface area contributed by atoms with Crippen LogP contribution in [0.2, 0.25) is 5.02 Å². The third-order valence-electron chi connectivity index (χ3n) is 3.95. The van der Waals surface area contributed by atoms with Gasteiger partial charge in [0.05, 0.1) is 10.6 Å². The summed E-state index contributed by atoms with van der Waals surface area (Å²) in [4.78, 5) is 13.5. The molecule has 3 nitrogen and oxygen atoms in total. The molecule has 0 aliphatic heterocycles. The molecule has 0 bridgehead atoms. The zero-order valence-corrected chi connectivity index (χ0v) is 13.3. The van der Waals surface area contributed by atoms with Crippen LogP contribution in [0.5, 0.6) is 0 Å². The summed E-state index contributed by atoms with van der Waals surface area (Å²) in [6.45, 7) is 0.629. The number of nitrogens with one attached hydrogen (secondary N) is 1. The summed E-state index contributed by atoms with van der Waals surface area (Å²) in [7, 11) is 0. The summed E-state index contributed by atoms with van der Waals surface area (Å²) < 4.78 is 0. The van der Waals surface area contributed by atoms with E-state index in [1.165, 1.54) is 6.42 Å². The van der Waals surface area contributed by atoms with Gasteiger partial charge in [-0.25, -0.2) is 0 Å². The molecule has 1 aromatic carbocycles. The Morgan fingerprint density at radius 1 is 1.45 bits per heavy atom. The first-order chi connectivity index (χ1) is 9.65. The van der Waals surface area contributed by atoms with Crippen LogP contribution in [0.3, 0.4) is 0 Å². The Hall–Kier alpha value is -0.710. The van der Waals surface area contributed by atoms with Gasteiger partial charge in [-0.1, -0.05) is 24.4 Å². The van der Waals surface area contributed by atoms with Gasteiger partial charge in [0, 0.05) is 10.9 Å². The Labute approximate surface area is 129 Å². The molecule has 2 rings (SSSR count). The van der Waals surface area contributed by atoms with Crippen molar-refractivity contribution in [3.05, 3.63) is 28.8 Å². The number of amides is 1. The smallest absolute Gasteiger partial charge is 0.253 e. The second-order valence-electron chi connectivity index (χ2n) is 5.21. The van der Waals surface area contributed by atoms with Crippen molar-refractivity contribution in [3.63, 3.8) is 0 Å². The number of hydrogen-bond donors (Lipinski definition) is 2. The van der Waals surface area contributed by atoms with E-state index in [9.17, 15) is 4.79 Å². The molecule has 2 unspecified atom stereocenters. The largest absolute Gasteiger partial charge is 0.349 e. The number of halogens is 1. The van der Waals surface area contributed by atoms with E-state index in [1.807, 2.05) is 18.4 Å². The van der Waals surface area contributed by atoms with Crippen molar-refractivity contribution < 1.29 is 4.79 Å². The highest BCUT2D eigenvalue weighted by Gasteiger charge is 2.26. The van der Waals surface area contributed by atoms with E-state index in [4.69, 9.17) is 17.3 Å². The molecule has 5 heteroatoms. The quantitative estimate of drug-likeness (QED) is 0.839. The van der Waals surface area contributed by atoms with Crippen LogP contribution >= 0.6 is 23.4 Å². The molecule has 2 atom stereocenters. The molecule has 110 valence electrons. The van der Waals surface area contributed by atoms with Crippen LogP contribution in [0, 0.1) is 5.92 Å². The van der Waals surface area contributed by atoms with E-state index in [0.29, 0.717) is 23.0 Å². The maximum Gasteiger partial charge on any atom is 0.253 e. The molecule has 1 aliphatic carbocycles. The van der Waals surface area contributed by atoms with Gasteiger partial charge in [0.1, 0.15) is 0 Å². The molecule has 1 aliphatic rings. The van der Waals surface area contributed by atoms with Gasteiger partial charge in [-0.15, -0.1) is 11.8 Å². The summed E-state index contributed by atoms with van der Waals surface area (Å²) in [6, 6.07) is 5.73. The molecule has 3 N–H and O–H groups in total. The first-order valence-corrected chi connectivity index (χ1v) is 8.60. The lowest BCUT2D eigenvalue weighted by molar-refractivity contribution is 0.0908. The highest BCUT2D eigenvalue weighted by molar-refractivity contribution is 7.98. The third kappa shape index (κ3) is 3.68. The average molecular weight is 313 g/mol. The summed E-state index contributed by atoms with van der Waals surface area (Å²) in [6.07, 6.45) is 6.45. The molecular formula is C15H21ClN2OS. The fourth-order valence-corrected chi connectivity index (χ4v) is 3.37. The highest BCUT2D eigenvalue weighted by atomic mass is 35.5. The number of carbonyl (C=O) groups is 1. The van der Waals surface area contributed by atoms with Gasteiger partial charge in [0.25, 0.3) is 5.91 Å². The Kier molecular flexibility index (Phi) is 5.75. The zero-order chi connectivity index (χ0) is 14.5. The van der Waals surface area contributed by atoms with Crippen molar-refractivity contribution in [2.75, 3.05) is 12.8 Å². The molecule has 1 amide bonds. The molecule has 1 aromatic rings. The summed E-state index contributed by atoms with van der Waals surface area (Å²) >= 11 is 7.74. The predicted molar refractivity (Wildman–Crippen MR) is 85.5 cm³/mol. The van der Waals surface area contributed by atoms with Gasteiger partial charge < -0.3 is 11.1 Å². The van der Waals surface area contributed by atoms with Crippen molar-refractivity contribution >= 4 is 29.3 Å². The molecular weight excluding hydrogens is 292 g/mol. The molecule has 20 heavy (non-hydrogen) atoms. The number of benzene rings is 1. The van der Waals surface area contributed by atoms with Crippen LogP contribution in [-0.4, -0.2) is 24.7 Å². The van der Waals surface area contributed by atoms with Gasteiger partial charge in [-0.2, -0.15) is 0 Å². The standard InChI is InChI=1S/C15H21ClN2OS/c1-20-11-6-7-13(16)12(8-11)15(19)18-14-5-3-2-4-10(14)9-17/h6-8,10,14H,2-5,9,17H2,1H3,(H,18,19). The SMILES string of the molecule is CSc1ccc(Cl)c(C(=O)NC2CCCCC2CN)c1. The Balaban J connectivity index is 2.11. The van der Waals surface area contributed by atoms with Crippen molar-refractivity contribution in [2.24, 2.45) is 11.7 Å². The molecule has 0 spiro atoms. The average Bonchev–Trinajstić information content (AvgIpc) is 2.48. The van der Waals surface area contributed by atoms with Crippen LogP contribution < -0.4 is 11.1 Å². The Morgan fingerprint density at radius 3 is 2.90 bits per heavy atom. The lowest BCUT2D eigenvalue weighted by Crippen LogP contribution is -2.44. The van der Waals surface area contributed by atoms with E-state index in [0.717, 1.165) is 24.2 Å². The minimum atomic E-state index is -0.0868. The van der Waals surface area contributed by atoms with E-state index in [1.54, 1.807) is 17.8 Å². The number of nitrogens with two attached hydrogens (primary N) is 1. The minimum absolute atomic E-state index is 0.0868. The normalized spacial score (nSPS) is 22.6. The second kappa shape index (κ2) is 7.34. The van der Waals surface area contributed by atoms with E-state index >= 15 is 0 Å². The maximum atomic E-state index is 12.4. The number of thioether (sulfide) groups is 1. The van der Waals surface area contributed by atoms with Gasteiger partial charge in [-0.05, 0) is 49.8 Å². The van der Waals surface area contributed by atoms with Crippen molar-refractivity contribution in [3.8, 4) is 0 Å². The van der Waals surface area contributed by atoms with Crippen LogP contribution in [0.15, 0.2) is 23.1 Å². The van der Waals surface area contributed by atoms with E-state index < -0.39 is 0 Å². The van der Waals surface area contributed by atoms with Crippen LogP contribution in [-0.2, 0) is 0 Å². The van der Waals surface area contributed by atoms with Crippen LogP contribution in [0.25, 0.3) is 0 Å². The van der Waals surface area contributed by atoms with Crippen LogP contribution in [0.4, 0.5) is 0 Å². The van der Waals surface area contributed by atoms with E-state index in [-0.39, 0.29) is 11.9 Å². The first kappa shape index (κ1) is 15.7. The first-order valence-electron chi connectivity index (χ1n) is 7.00. The lowest BCUT2D eigenvalue weighted by atomic mass is 9.84. The van der Waals surface area contributed by atoms with Gasteiger partial charge in [0.2, 0.25) is 0 Å². The van der Waals surface area contributed by atoms with Crippen LogP contribution in [0.1, 0.15) is 36.0 Å². The molecule has 1 saturated carbocycles. The summed E-state index contributed by atoms with van der Waals surface area (Å²) in [5.41, 5.74) is 6.36. The summed E-state index contributed by atoms with van der Waals surface area (Å²) in [5.74, 6) is 0.298. The van der Waals surface area contributed by atoms with Gasteiger partial charge in [0.15, 0.2) is 0 Å². The van der Waals surface area contributed by atoms with Gasteiger partial charge >= 0.3 is 0 Å². The predicted octanol–water partition coefficient (Wildman–Crippen LogP) is 3.31. The van der Waals surface area contributed by atoms with Gasteiger partial charge in [-0.3, -0.25) is 4.79 Å². The third-order valence-corrected chi connectivity index (χ3v) is 5.00. The fourth-order valence-electron chi connectivity index (χ4n) is 2.73. The molecule has 0 radical (unpaired) electrons. The molecule has 0 saturated heterocycles. The number of hydrogen-bond acceptors (Lipinski definition) is 3. The number of rotatable bonds is 4. The Morgan fingerprint density at radius 2 is 2.20 bits per heavy atom. The maximum absolute atomic E-state index is 12.4. The monoisotopic (exact) mass is 312 g/mol. The summed E-state index contributed by atoms with van der Waals surface area (Å²) in [5, 5.41) is 3.62. The van der Waals surface area contributed by atoms with Crippen molar-refractivity contribution in [1.29, 1.82) is 0 Å². The van der Waals surface area contributed by atoms with Crippen molar-refractivity contribution in [2.45, 2.75) is 36.6 Å². The second-order valence-corrected chi connectivity index (χ2v) is 6.49. The number of carbonyl (C=O) groups excluding carboxylic acids is 1. The highest BCUT2D eigenvalue weighted by Crippen LogP contribution is 2.26. The molecule has 1 fully saturated rings. The molecule has 0 aromatic heterocycles. The molecule has 0 heterocycles. The lowest BCUT2D eigenvalue weighted by Gasteiger charge is -2.31. The minimum Gasteiger partial charge on any atom is -0.349 e.